The summed E-state index contributed by atoms with van der Waals surface area (Å²) in [6.07, 6.45) is 0.256. The van der Waals surface area contributed by atoms with Crippen molar-refractivity contribution in [2.24, 2.45) is 17.6 Å². The zero-order valence-corrected chi connectivity index (χ0v) is 25.2. The fraction of sp³-hybridized carbons (Fsp3) is 0.406. The third-order valence-corrected chi connectivity index (χ3v) is 8.94. The number of benzene rings is 2. The fourth-order valence-corrected chi connectivity index (χ4v) is 7.07. The Bertz CT molecular complexity index is 1610. The van der Waals surface area contributed by atoms with E-state index >= 15 is 0 Å². The number of carbonyl (C=O) groups excluding carboxylic acids is 3. The first-order valence-electron chi connectivity index (χ1n) is 14.1. The van der Waals surface area contributed by atoms with Crippen LogP contribution in [0.25, 0.3) is 16.9 Å². The van der Waals surface area contributed by atoms with Crippen molar-refractivity contribution >= 4 is 28.9 Å². The first kappa shape index (κ1) is 30.3. The van der Waals surface area contributed by atoms with Crippen LogP contribution in [0.3, 0.4) is 0 Å². The van der Waals surface area contributed by atoms with Crippen LogP contribution < -0.4 is 10.6 Å². The number of aliphatic hydroxyl groups is 3. The van der Waals surface area contributed by atoms with Crippen LogP contribution in [-0.2, 0) is 27.3 Å². The molecule has 1 saturated carbocycles. The number of rotatable bonds is 6. The van der Waals surface area contributed by atoms with Crippen molar-refractivity contribution in [2.75, 3.05) is 47.2 Å². The van der Waals surface area contributed by atoms with Crippen LogP contribution in [0, 0.1) is 11.8 Å². The molecule has 3 aliphatic carbocycles. The normalized spacial score (nSPS) is 25.2. The molecule has 0 saturated heterocycles. The number of ketones is 2. The molecule has 6 N–H and O–H groups in total. The summed E-state index contributed by atoms with van der Waals surface area (Å²) >= 11 is 0. The number of nitrogens with zero attached hydrogens (tertiary/aromatic N) is 3. The topological polar surface area (TPSA) is 168 Å². The molecule has 0 spiro atoms. The van der Waals surface area contributed by atoms with Gasteiger partial charge in [0, 0.05) is 43.4 Å². The molecule has 2 aromatic carbocycles. The smallest absolute Gasteiger partial charge is 0.255 e. The number of amides is 1. The number of aliphatic hydroxyl groups excluding tert-OH is 2. The summed E-state index contributed by atoms with van der Waals surface area (Å²) in [5, 5.41) is 46.2. The molecule has 228 valence electrons. The van der Waals surface area contributed by atoms with E-state index in [4.69, 9.17) is 5.73 Å². The lowest BCUT2D eigenvalue weighted by Gasteiger charge is -2.50. The number of primary amides is 1. The highest BCUT2D eigenvalue weighted by Gasteiger charge is 2.64. The lowest BCUT2D eigenvalue weighted by Crippen LogP contribution is -2.65. The Morgan fingerprint density at radius 3 is 2.19 bits per heavy atom. The molecule has 0 bridgehead atoms. The average molecular weight is 591 g/mol. The maximum absolute atomic E-state index is 14.2. The number of phenols is 1. The lowest BCUT2D eigenvalue weighted by molar-refractivity contribution is -0.153. The van der Waals surface area contributed by atoms with Gasteiger partial charge in [0.1, 0.15) is 22.8 Å². The summed E-state index contributed by atoms with van der Waals surface area (Å²) in [6.45, 7) is 0.735. The number of phenolic OH excluding ortho intramolecular Hbond substituents is 1. The minimum Gasteiger partial charge on any atom is -0.508 e. The van der Waals surface area contributed by atoms with Gasteiger partial charge in [0.15, 0.2) is 11.4 Å². The summed E-state index contributed by atoms with van der Waals surface area (Å²) in [5.41, 5.74) is 5.34. The van der Waals surface area contributed by atoms with E-state index in [0.29, 0.717) is 16.7 Å². The molecule has 0 aromatic heterocycles. The third-order valence-electron chi connectivity index (χ3n) is 8.94. The molecule has 4 atom stereocenters. The Hall–Kier alpha value is -4.19. The highest BCUT2D eigenvalue weighted by Crippen LogP contribution is 2.54. The van der Waals surface area contributed by atoms with Crippen LogP contribution in [0.5, 0.6) is 5.75 Å². The molecule has 2 aromatic rings. The molecule has 11 nitrogen and oxygen atoms in total. The zero-order valence-electron chi connectivity index (χ0n) is 25.2. The average Bonchev–Trinajstić information content (AvgIpc) is 2.90. The van der Waals surface area contributed by atoms with E-state index in [1.807, 2.05) is 68.3 Å². The molecular weight excluding hydrogens is 552 g/mol. The Morgan fingerprint density at radius 2 is 1.65 bits per heavy atom. The molecule has 0 heterocycles. The van der Waals surface area contributed by atoms with Crippen LogP contribution in [0.4, 0.5) is 5.69 Å². The van der Waals surface area contributed by atoms with Gasteiger partial charge in [-0.2, -0.15) is 0 Å². The molecule has 11 heteroatoms. The van der Waals surface area contributed by atoms with Gasteiger partial charge in [0.2, 0.25) is 5.78 Å². The summed E-state index contributed by atoms with van der Waals surface area (Å²) in [7, 11) is 10.8. The largest absolute Gasteiger partial charge is 0.508 e. The van der Waals surface area contributed by atoms with Gasteiger partial charge in [-0.3, -0.25) is 19.3 Å². The van der Waals surface area contributed by atoms with Crippen molar-refractivity contribution < 1.29 is 34.8 Å². The first-order valence-corrected chi connectivity index (χ1v) is 14.1. The molecular formula is C32H38N4O7. The van der Waals surface area contributed by atoms with Crippen molar-refractivity contribution in [3.05, 3.63) is 63.9 Å². The van der Waals surface area contributed by atoms with Gasteiger partial charge < -0.3 is 36.0 Å². The van der Waals surface area contributed by atoms with Crippen molar-refractivity contribution in [2.45, 2.75) is 31.0 Å². The third kappa shape index (κ3) is 4.50. The first-order chi connectivity index (χ1) is 20.1. The van der Waals surface area contributed by atoms with Gasteiger partial charge in [-0.05, 0) is 69.7 Å². The molecule has 4 unspecified atom stereocenters. The second-order valence-corrected chi connectivity index (χ2v) is 12.4. The molecule has 1 fully saturated rings. The second kappa shape index (κ2) is 10.5. The van der Waals surface area contributed by atoms with Gasteiger partial charge >= 0.3 is 0 Å². The SMILES string of the molecule is CN(C)Cc1ccc(-c2cc(N(C)C)c3c(c2O)C(O)=C2C(=O)C4(O)C(O)=C(C(N)=O)C(=O)C(N(C)C)C4CC2C3)cc1. The van der Waals surface area contributed by atoms with Gasteiger partial charge in [-0.15, -0.1) is 0 Å². The Morgan fingerprint density at radius 1 is 1.02 bits per heavy atom. The summed E-state index contributed by atoms with van der Waals surface area (Å²) in [4.78, 5) is 45.1. The summed E-state index contributed by atoms with van der Waals surface area (Å²) < 4.78 is 0. The monoisotopic (exact) mass is 590 g/mol. The number of anilines is 1. The maximum atomic E-state index is 14.2. The zero-order chi connectivity index (χ0) is 31.7. The number of carbonyl (C=O) groups is 3. The quantitative estimate of drug-likeness (QED) is 0.313. The van der Waals surface area contributed by atoms with Gasteiger partial charge in [0.05, 0.1) is 11.6 Å². The van der Waals surface area contributed by atoms with Crippen molar-refractivity contribution in [3.8, 4) is 16.9 Å². The van der Waals surface area contributed by atoms with Gasteiger partial charge in [0.25, 0.3) is 5.91 Å². The van der Waals surface area contributed by atoms with Crippen LogP contribution in [0.15, 0.2) is 47.2 Å². The van der Waals surface area contributed by atoms with E-state index in [9.17, 15) is 34.8 Å². The van der Waals surface area contributed by atoms with Crippen LogP contribution in [0.2, 0.25) is 0 Å². The highest BCUT2D eigenvalue weighted by atomic mass is 16.3. The molecule has 0 aliphatic heterocycles. The predicted molar refractivity (Wildman–Crippen MR) is 161 cm³/mol. The molecule has 5 rings (SSSR count). The van der Waals surface area contributed by atoms with Crippen LogP contribution >= 0.6 is 0 Å². The van der Waals surface area contributed by atoms with Crippen molar-refractivity contribution in [1.29, 1.82) is 0 Å². The van der Waals surface area contributed by atoms with Gasteiger partial charge in [-0.1, -0.05) is 24.3 Å². The Labute approximate surface area is 250 Å². The fourth-order valence-electron chi connectivity index (χ4n) is 7.07. The number of likely N-dealkylation sites (N-methyl/N-ethyl adjacent to an activating group) is 1. The second-order valence-electron chi connectivity index (χ2n) is 12.4. The predicted octanol–water partition coefficient (Wildman–Crippen LogP) is 1.76. The summed E-state index contributed by atoms with van der Waals surface area (Å²) in [6, 6.07) is 8.38. The molecule has 0 radical (unpaired) electrons. The van der Waals surface area contributed by atoms with E-state index in [1.165, 1.54) is 4.90 Å². The molecule has 3 aliphatic rings. The number of hydrogen-bond acceptors (Lipinski definition) is 10. The summed E-state index contributed by atoms with van der Waals surface area (Å²) in [5.74, 6) is -6.68. The minimum atomic E-state index is -2.68. The van der Waals surface area contributed by atoms with Crippen molar-refractivity contribution in [3.63, 3.8) is 0 Å². The number of nitrogens with two attached hydrogens (primary N) is 1. The van der Waals surface area contributed by atoms with E-state index in [-0.39, 0.29) is 29.7 Å². The maximum Gasteiger partial charge on any atom is 0.255 e. The van der Waals surface area contributed by atoms with E-state index in [1.54, 1.807) is 14.1 Å². The number of hydrogen-bond donors (Lipinski definition) is 5. The Balaban J connectivity index is 1.72. The van der Waals surface area contributed by atoms with Crippen molar-refractivity contribution in [1.82, 2.24) is 9.80 Å². The number of fused-ring (bicyclic) bond motifs is 3. The molecule has 43 heavy (non-hydrogen) atoms. The number of aromatic hydroxyl groups is 1. The van der Waals surface area contributed by atoms with E-state index in [2.05, 4.69) is 0 Å². The minimum absolute atomic E-state index is 0.0362. The highest BCUT2D eigenvalue weighted by molar-refractivity contribution is 6.24. The van der Waals surface area contributed by atoms with Crippen LogP contribution in [-0.4, -0.2) is 102 Å². The standard InChI is InChI=1S/C32H38N4O7/c1-34(2)14-15-7-9-16(10-8-15)18-13-21(35(3)4)19-11-17-12-20-25(36(5)6)28(39)24(31(33)42)30(41)32(20,43)29(40)22(17)27(38)23(19)26(18)37/h7-10,13,17,20,25,37-38,41,43H,11-12,14H2,1-6H3,(H2,33,42). The van der Waals surface area contributed by atoms with E-state index < -0.39 is 58.0 Å². The Kier molecular flexibility index (Phi) is 7.40. The van der Waals surface area contributed by atoms with E-state index in [0.717, 1.165) is 17.8 Å². The van der Waals surface area contributed by atoms with Gasteiger partial charge in [-0.25, -0.2) is 0 Å². The molecule has 1 amide bonds. The lowest BCUT2D eigenvalue weighted by atomic mass is 9.57. The van der Waals surface area contributed by atoms with Crippen LogP contribution in [0.1, 0.15) is 23.1 Å². The number of Topliss-reactive ketones (excluding diaryl/α,β-unsaturated/α-hetero) is 2.